The van der Waals surface area contributed by atoms with E-state index < -0.39 is 0 Å². The average Bonchev–Trinajstić information content (AvgIpc) is 2.22. The number of hydrogen-bond acceptors (Lipinski definition) is 2. The maximum atomic E-state index is 10.8. The predicted octanol–water partition coefficient (Wildman–Crippen LogP) is 3.73. The van der Waals surface area contributed by atoms with Crippen LogP contribution in [0.15, 0.2) is 0 Å². The molecule has 0 radical (unpaired) electrons. The van der Waals surface area contributed by atoms with Crippen molar-refractivity contribution in [3.8, 4) is 0 Å². The van der Waals surface area contributed by atoms with Gasteiger partial charge in [-0.15, -0.1) is 0 Å². The molecule has 0 saturated carbocycles. The molecule has 0 heterocycles. The van der Waals surface area contributed by atoms with Gasteiger partial charge < -0.3 is 9.53 Å². The Morgan fingerprint density at radius 3 is 2.33 bits per heavy atom. The molecule has 0 aromatic carbocycles. The van der Waals surface area contributed by atoms with Gasteiger partial charge in [0.1, 0.15) is 5.78 Å². The second-order valence-electron chi connectivity index (χ2n) is 4.30. The Morgan fingerprint density at radius 2 is 1.80 bits per heavy atom. The molecule has 0 aromatic rings. The minimum atomic E-state index is 0.267. The molecule has 0 aromatic heterocycles. The number of methoxy groups -OCH3 is 1. The third kappa shape index (κ3) is 9.92. The molecular formula is C13H26O2. The number of carbonyl (C=O) groups excluding carboxylic acids is 1. The molecule has 90 valence electrons. The summed E-state index contributed by atoms with van der Waals surface area (Å²) in [5, 5.41) is 0. The monoisotopic (exact) mass is 214 g/mol. The first-order chi connectivity index (χ1) is 7.20. The zero-order valence-corrected chi connectivity index (χ0v) is 10.6. The fourth-order valence-corrected chi connectivity index (χ4v) is 1.72. The van der Waals surface area contributed by atoms with E-state index in [0.29, 0.717) is 6.42 Å². The number of carbonyl (C=O) groups is 1. The molecular weight excluding hydrogens is 188 g/mol. The Hall–Kier alpha value is -0.370. The summed E-state index contributed by atoms with van der Waals surface area (Å²) in [6.07, 6.45) is 9.43. The first-order valence-corrected chi connectivity index (χ1v) is 6.23. The Labute approximate surface area is 94.4 Å². The number of unbranched alkanes of at least 4 members (excludes halogenated alkanes) is 4. The van der Waals surface area contributed by atoms with E-state index in [4.69, 9.17) is 4.74 Å². The van der Waals surface area contributed by atoms with Crippen LogP contribution >= 0.6 is 0 Å². The molecule has 0 N–H and O–H groups in total. The van der Waals surface area contributed by atoms with Gasteiger partial charge in [0.25, 0.3) is 0 Å². The first kappa shape index (κ1) is 14.6. The highest BCUT2D eigenvalue weighted by Crippen LogP contribution is 2.12. The van der Waals surface area contributed by atoms with Gasteiger partial charge in [0.05, 0.1) is 6.10 Å². The van der Waals surface area contributed by atoms with Gasteiger partial charge in [-0.2, -0.15) is 0 Å². The van der Waals surface area contributed by atoms with Gasteiger partial charge in [0, 0.05) is 13.5 Å². The highest BCUT2D eigenvalue weighted by molar-refractivity contribution is 5.75. The van der Waals surface area contributed by atoms with Crippen molar-refractivity contribution >= 4 is 5.78 Å². The van der Waals surface area contributed by atoms with E-state index >= 15 is 0 Å². The van der Waals surface area contributed by atoms with Crippen LogP contribution < -0.4 is 0 Å². The Morgan fingerprint density at radius 1 is 1.13 bits per heavy atom. The van der Waals surface area contributed by atoms with Crippen LogP contribution in [0.1, 0.15) is 65.2 Å². The van der Waals surface area contributed by atoms with Crippen molar-refractivity contribution in [1.82, 2.24) is 0 Å². The van der Waals surface area contributed by atoms with Crippen LogP contribution in [0.25, 0.3) is 0 Å². The molecule has 0 aliphatic carbocycles. The molecule has 1 atom stereocenters. The van der Waals surface area contributed by atoms with Crippen molar-refractivity contribution in [3.05, 3.63) is 0 Å². The minimum absolute atomic E-state index is 0.267. The average molecular weight is 214 g/mol. The minimum Gasteiger partial charge on any atom is -0.381 e. The van der Waals surface area contributed by atoms with Gasteiger partial charge in [-0.1, -0.05) is 39.0 Å². The van der Waals surface area contributed by atoms with E-state index in [-0.39, 0.29) is 11.9 Å². The largest absolute Gasteiger partial charge is 0.381 e. The molecule has 0 amide bonds. The highest BCUT2D eigenvalue weighted by atomic mass is 16.5. The van der Waals surface area contributed by atoms with Crippen molar-refractivity contribution in [2.45, 2.75) is 71.3 Å². The van der Waals surface area contributed by atoms with Crippen molar-refractivity contribution in [3.63, 3.8) is 0 Å². The molecule has 0 saturated heterocycles. The second kappa shape index (κ2) is 10.2. The standard InChI is InChI=1S/C13H26O2/c1-4-5-6-7-8-9-13(15-3)11-10-12(2)14/h13H,4-11H2,1-3H3. The van der Waals surface area contributed by atoms with Gasteiger partial charge in [0.2, 0.25) is 0 Å². The fourth-order valence-electron chi connectivity index (χ4n) is 1.72. The van der Waals surface area contributed by atoms with Crippen LogP contribution in [0.3, 0.4) is 0 Å². The quantitative estimate of drug-likeness (QED) is 0.518. The molecule has 0 aliphatic rings. The summed E-state index contributed by atoms with van der Waals surface area (Å²) in [6.45, 7) is 3.87. The van der Waals surface area contributed by atoms with Crippen LogP contribution in [0.5, 0.6) is 0 Å². The summed E-state index contributed by atoms with van der Waals surface area (Å²) in [4.78, 5) is 10.8. The number of ether oxygens (including phenoxy) is 1. The van der Waals surface area contributed by atoms with Crippen molar-refractivity contribution in [2.75, 3.05) is 7.11 Å². The second-order valence-corrected chi connectivity index (χ2v) is 4.30. The first-order valence-electron chi connectivity index (χ1n) is 6.23. The van der Waals surface area contributed by atoms with Crippen LogP contribution in [0, 0.1) is 0 Å². The normalized spacial score (nSPS) is 12.7. The number of ketones is 1. The van der Waals surface area contributed by atoms with Crippen LogP contribution in [-0.2, 0) is 9.53 Å². The number of hydrogen-bond donors (Lipinski definition) is 0. The van der Waals surface area contributed by atoms with Gasteiger partial charge >= 0.3 is 0 Å². The topological polar surface area (TPSA) is 26.3 Å². The molecule has 0 aliphatic heterocycles. The Balaban J connectivity index is 3.40. The molecule has 0 bridgehead atoms. The van der Waals surface area contributed by atoms with E-state index in [9.17, 15) is 4.79 Å². The molecule has 1 unspecified atom stereocenters. The lowest BCUT2D eigenvalue weighted by Crippen LogP contribution is -2.11. The SMILES string of the molecule is CCCCCCCC(CCC(C)=O)OC. The van der Waals surface area contributed by atoms with E-state index in [1.807, 2.05) is 0 Å². The number of Topliss-reactive ketones (excluding diaryl/α,β-unsaturated/α-hetero) is 1. The summed E-state index contributed by atoms with van der Waals surface area (Å²) in [5.74, 6) is 0.267. The highest BCUT2D eigenvalue weighted by Gasteiger charge is 2.07. The van der Waals surface area contributed by atoms with Crippen molar-refractivity contribution in [1.29, 1.82) is 0 Å². The summed E-state index contributed by atoms with van der Waals surface area (Å²) >= 11 is 0. The van der Waals surface area contributed by atoms with E-state index in [1.165, 1.54) is 32.1 Å². The third-order valence-corrected chi connectivity index (χ3v) is 2.78. The summed E-state index contributed by atoms with van der Waals surface area (Å²) in [5.41, 5.74) is 0. The molecule has 0 spiro atoms. The molecule has 0 rings (SSSR count). The zero-order chi connectivity index (χ0) is 11.5. The smallest absolute Gasteiger partial charge is 0.129 e. The molecule has 15 heavy (non-hydrogen) atoms. The lowest BCUT2D eigenvalue weighted by atomic mass is 10.0. The van der Waals surface area contributed by atoms with E-state index in [2.05, 4.69) is 6.92 Å². The third-order valence-electron chi connectivity index (χ3n) is 2.78. The maximum absolute atomic E-state index is 10.8. The van der Waals surface area contributed by atoms with Crippen LogP contribution in [0.2, 0.25) is 0 Å². The lowest BCUT2D eigenvalue weighted by molar-refractivity contribution is -0.117. The summed E-state index contributed by atoms with van der Waals surface area (Å²) in [6, 6.07) is 0. The van der Waals surface area contributed by atoms with Crippen LogP contribution in [0.4, 0.5) is 0 Å². The van der Waals surface area contributed by atoms with Gasteiger partial charge in [0.15, 0.2) is 0 Å². The van der Waals surface area contributed by atoms with E-state index in [0.717, 1.165) is 12.8 Å². The number of rotatable bonds is 10. The molecule has 2 nitrogen and oxygen atoms in total. The Bertz CT molecular complexity index is 155. The van der Waals surface area contributed by atoms with Crippen LogP contribution in [-0.4, -0.2) is 19.0 Å². The van der Waals surface area contributed by atoms with E-state index in [1.54, 1.807) is 14.0 Å². The van der Waals surface area contributed by atoms with Gasteiger partial charge in [-0.05, 0) is 19.8 Å². The molecule has 2 heteroatoms. The molecule has 0 fully saturated rings. The predicted molar refractivity (Wildman–Crippen MR) is 64.1 cm³/mol. The maximum Gasteiger partial charge on any atom is 0.129 e. The van der Waals surface area contributed by atoms with Gasteiger partial charge in [-0.25, -0.2) is 0 Å². The van der Waals surface area contributed by atoms with Crippen molar-refractivity contribution < 1.29 is 9.53 Å². The summed E-state index contributed by atoms with van der Waals surface area (Å²) < 4.78 is 5.36. The Kier molecular flexibility index (Phi) is 9.91. The zero-order valence-electron chi connectivity index (χ0n) is 10.6. The lowest BCUT2D eigenvalue weighted by Gasteiger charge is -2.14. The van der Waals surface area contributed by atoms with Crippen molar-refractivity contribution in [2.24, 2.45) is 0 Å². The summed E-state index contributed by atoms with van der Waals surface area (Å²) in [7, 11) is 1.75. The van der Waals surface area contributed by atoms with Gasteiger partial charge in [-0.3, -0.25) is 0 Å². The fraction of sp³-hybridized carbons (Fsp3) is 0.923.